The summed E-state index contributed by atoms with van der Waals surface area (Å²) in [7, 11) is 0. The maximum absolute atomic E-state index is 12.7. The Labute approximate surface area is 155 Å². The van der Waals surface area contributed by atoms with Crippen LogP contribution in [0.4, 0.5) is 0 Å². The van der Waals surface area contributed by atoms with E-state index in [1.54, 1.807) is 0 Å². The van der Waals surface area contributed by atoms with Crippen molar-refractivity contribution < 1.29 is 4.79 Å². The second-order valence-electron chi connectivity index (χ2n) is 6.37. The third-order valence-corrected chi connectivity index (χ3v) is 5.24. The first-order valence-electron chi connectivity index (χ1n) is 8.24. The van der Waals surface area contributed by atoms with Gasteiger partial charge in [-0.2, -0.15) is 0 Å². The quantitative estimate of drug-likeness (QED) is 0.667. The third kappa shape index (κ3) is 3.12. The van der Waals surface area contributed by atoms with Crippen LogP contribution in [-0.4, -0.2) is 20.4 Å². The Morgan fingerprint density at radius 2 is 1.84 bits per heavy atom. The van der Waals surface area contributed by atoms with Crippen LogP contribution in [0.25, 0.3) is 11.4 Å². The maximum atomic E-state index is 12.7. The predicted octanol–water partition coefficient (Wildman–Crippen LogP) is 4.16. The zero-order valence-corrected chi connectivity index (χ0v) is 15.5. The van der Waals surface area contributed by atoms with Crippen molar-refractivity contribution in [3.8, 4) is 11.4 Å². The van der Waals surface area contributed by atoms with Crippen molar-refractivity contribution in [3.05, 3.63) is 76.0 Å². The lowest BCUT2D eigenvalue weighted by molar-refractivity contribution is -0.134. The van der Waals surface area contributed by atoms with E-state index >= 15 is 0 Å². The van der Waals surface area contributed by atoms with Crippen molar-refractivity contribution in [3.63, 3.8) is 0 Å². The molecule has 25 heavy (non-hydrogen) atoms. The van der Waals surface area contributed by atoms with Gasteiger partial charge in [0.05, 0.1) is 18.4 Å². The highest BCUT2D eigenvalue weighted by Gasteiger charge is 2.26. The summed E-state index contributed by atoms with van der Waals surface area (Å²) >= 11 is 3.57. The topological polar surface area (TPSA) is 38.1 Å². The van der Waals surface area contributed by atoms with Crippen molar-refractivity contribution in [2.75, 3.05) is 0 Å². The summed E-state index contributed by atoms with van der Waals surface area (Å²) in [5.41, 5.74) is 4.45. The highest BCUT2D eigenvalue weighted by Crippen LogP contribution is 2.29. The highest BCUT2D eigenvalue weighted by atomic mass is 79.9. The van der Waals surface area contributed by atoms with Gasteiger partial charge in [-0.15, -0.1) is 0 Å². The molecule has 4 rings (SSSR count). The van der Waals surface area contributed by atoms with Gasteiger partial charge in [-0.1, -0.05) is 64.0 Å². The molecule has 0 aliphatic carbocycles. The van der Waals surface area contributed by atoms with E-state index < -0.39 is 0 Å². The number of amides is 1. The van der Waals surface area contributed by atoms with Crippen molar-refractivity contribution in [1.82, 2.24) is 14.5 Å². The van der Waals surface area contributed by atoms with Crippen LogP contribution in [0.5, 0.6) is 0 Å². The first-order chi connectivity index (χ1) is 12.1. The van der Waals surface area contributed by atoms with E-state index in [1.165, 1.54) is 5.56 Å². The molecule has 0 spiro atoms. The van der Waals surface area contributed by atoms with E-state index in [9.17, 15) is 4.79 Å². The number of imidazole rings is 1. The Bertz CT molecular complexity index is 930. The first-order valence-corrected chi connectivity index (χ1v) is 9.04. The number of halogens is 1. The molecule has 0 saturated carbocycles. The average Bonchev–Trinajstić information content (AvgIpc) is 3.00. The van der Waals surface area contributed by atoms with Gasteiger partial charge in [-0.25, -0.2) is 4.98 Å². The van der Waals surface area contributed by atoms with Crippen molar-refractivity contribution in [2.24, 2.45) is 0 Å². The molecule has 1 aromatic heterocycles. The fourth-order valence-corrected chi connectivity index (χ4v) is 3.61. The number of hydrogen-bond acceptors (Lipinski definition) is 2. The number of aryl methyl sites for hydroxylation is 1. The summed E-state index contributed by atoms with van der Waals surface area (Å²) < 4.78 is 3.01. The molecule has 0 bridgehead atoms. The second kappa shape index (κ2) is 6.48. The van der Waals surface area contributed by atoms with Gasteiger partial charge in [-0.05, 0) is 18.6 Å². The normalized spacial score (nSPS) is 13.8. The Morgan fingerprint density at radius 1 is 1.08 bits per heavy atom. The van der Waals surface area contributed by atoms with Crippen LogP contribution in [-0.2, 0) is 24.4 Å². The van der Waals surface area contributed by atoms with Gasteiger partial charge >= 0.3 is 0 Å². The zero-order chi connectivity index (χ0) is 17.4. The summed E-state index contributed by atoms with van der Waals surface area (Å²) in [5.74, 6) is 0.963. The van der Waals surface area contributed by atoms with Gasteiger partial charge in [0.15, 0.2) is 0 Å². The van der Waals surface area contributed by atoms with Gasteiger partial charge in [-0.3, -0.25) is 4.79 Å². The zero-order valence-electron chi connectivity index (χ0n) is 13.9. The third-order valence-electron chi connectivity index (χ3n) is 4.55. The average molecular weight is 396 g/mol. The number of fused-ring (bicyclic) bond motifs is 1. The molecule has 0 atom stereocenters. The molecule has 2 heterocycles. The van der Waals surface area contributed by atoms with Crippen molar-refractivity contribution in [1.29, 1.82) is 0 Å². The molecule has 1 aliphatic heterocycles. The molecule has 4 nitrogen and oxygen atoms in total. The fraction of sp³-hybridized carbons (Fsp3) is 0.200. The van der Waals surface area contributed by atoms with Crippen LogP contribution in [0.1, 0.15) is 16.8 Å². The SMILES string of the molecule is Cc1ccc(CN2Cc3cnc(-c4ccccc4Br)n3CC2=O)cc1. The smallest absolute Gasteiger partial charge is 0.243 e. The lowest BCUT2D eigenvalue weighted by Gasteiger charge is -2.29. The minimum Gasteiger partial charge on any atom is -0.331 e. The molecule has 0 saturated heterocycles. The molecular formula is C20H18BrN3O. The lowest BCUT2D eigenvalue weighted by Crippen LogP contribution is -2.38. The number of hydrogen-bond donors (Lipinski definition) is 0. The Balaban J connectivity index is 1.61. The van der Waals surface area contributed by atoms with E-state index in [0.29, 0.717) is 19.6 Å². The monoisotopic (exact) mass is 395 g/mol. The Morgan fingerprint density at radius 3 is 2.60 bits per heavy atom. The van der Waals surface area contributed by atoms with E-state index in [0.717, 1.165) is 27.1 Å². The van der Waals surface area contributed by atoms with Crippen LogP contribution in [0.15, 0.2) is 59.2 Å². The van der Waals surface area contributed by atoms with E-state index in [2.05, 4.69) is 52.1 Å². The summed E-state index contributed by atoms with van der Waals surface area (Å²) in [6, 6.07) is 16.3. The van der Waals surface area contributed by atoms with E-state index in [-0.39, 0.29) is 5.91 Å². The number of benzene rings is 2. The molecule has 5 heteroatoms. The van der Waals surface area contributed by atoms with Gasteiger partial charge in [0.1, 0.15) is 12.4 Å². The largest absolute Gasteiger partial charge is 0.331 e. The van der Waals surface area contributed by atoms with Gasteiger partial charge in [0.2, 0.25) is 5.91 Å². The summed E-state index contributed by atoms with van der Waals surface area (Å²) in [5, 5.41) is 0. The molecule has 2 aromatic carbocycles. The number of nitrogens with zero attached hydrogens (tertiary/aromatic N) is 3. The van der Waals surface area contributed by atoms with Crippen LogP contribution in [0.3, 0.4) is 0 Å². The van der Waals surface area contributed by atoms with Gasteiger partial charge in [0.25, 0.3) is 0 Å². The Hall–Kier alpha value is -2.40. The lowest BCUT2D eigenvalue weighted by atomic mass is 10.1. The molecule has 1 aliphatic rings. The molecule has 3 aromatic rings. The molecular weight excluding hydrogens is 378 g/mol. The molecule has 0 unspecified atom stereocenters. The number of aromatic nitrogens is 2. The van der Waals surface area contributed by atoms with Crippen molar-refractivity contribution in [2.45, 2.75) is 26.6 Å². The van der Waals surface area contributed by atoms with Crippen LogP contribution in [0.2, 0.25) is 0 Å². The fourth-order valence-electron chi connectivity index (χ4n) is 3.15. The van der Waals surface area contributed by atoms with E-state index in [1.807, 2.05) is 39.9 Å². The first kappa shape index (κ1) is 16.1. The molecule has 0 N–H and O–H groups in total. The number of carbonyl (C=O) groups excluding carboxylic acids is 1. The Kier molecular flexibility index (Phi) is 4.17. The van der Waals surface area contributed by atoms with Crippen LogP contribution >= 0.6 is 15.9 Å². The number of rotatable bonds is 3. The second-order valence-corrected chi connectivity index (χ2v) is 7.23. The van der Waals surface area contributed by atoms with Gasteiger partial charge < -0.3 is 9.47 Å². The number of carbonyl (C=O) groups is 1. The molecule has 0 radical (unpaired) electrons. The minimum atomic E-state index is 0.124. The van der Waals surface area contributed by atoms with Crippen molar-refractivity contribution >= 4 is 21.8 Å². The molecule has 1 amide bonds. The van der Waals surface area contributed by atoms with Crippen LogP contribution < -0.4 is 0 Å². The summed E-state index contributed by atoms with van der Waals surface area (Å²) in [6.07, 6.45) is 1.88. The maximum Gasteiger partial charge on any atom is 0.243 e. The van der Waals surface area contributed by atoms with Crippen LogP contribution in [0, 0.1) is 6.92 Å². The van der Waals surface area contributed by atoms with Gasteiger partial charge in [0, 0.05) is 16.6 Å². The summed E-state index contributed by atoms with van der Waals surface area (Å²) in [4.78, 5) is 19.1. The minimum absolute atomic E-state index is 0.124. The van der Waals surface area contributed by atoms with E-state index in [4.69, 9.17) is 0 Å². The molecule has 0 fully saturated rings. The standard InChI is InChI=1S/C20H18BrN3O/c1-14-6-8-15(9-7-14)11-23-12-16-10-22-20(24(16)13-19(23)25)17-4-2-3-5-18(17)21/h2-10H,11-13H2,1H3. The highest BCUT2D eigenvalue weighted by molar-refractivity contribution is 9.10. The molecule has 126 valence electrons. The predicted molar refractivity (Wildman–Crippen MR) is 101 cm³/mol. The summed E-state index contributed by atoms with van der Waals surface area (Å²) in [6.45, 7) is 3.62.